The van der Waals surface area contributed by atoms with Crippen molar-refractivity contribution in [1.29, 1.82) is 0 Å². The van der Waals surface area contributed by atoms with Gasteiger partial charge >= 0.3 is 0 Å². The number of aromatic nitrogens is 2. The average molecular weight is 295 g/mol. The normalized spacial score (nSPS) is 12.6. The predicted molar refractivity (Wildman–Crippen MR) is 80.4 cm³/mol. The van der Waals surface area contributed by atoms with Crippen LogP contribution in [0.1, 0.15) is 16.1 Å². The van der Waals surface area contributed by atoms with Gasteiger partial charge in [0.1, 0.15) is 5.65 Å². The third-order valence-electron chi connectivity index (χ3n) is 3.70. The summed E-state index contributed by atoms with van der Waals surface area (Å²) in [7, 11) is 0. The number of fused-ring (bicyclic) bond motifs is 2. The van der Waals surface area contributed by atoms with Crippen molar-refractivity contribution in [3.63, 3.8) is 0 Å². The molecular weight excluding hydrogens is 282 g/mol. The highest BCUT2D eigenvalue weighted by atomic mass is 16.7. The molecule has 2 aromatic heterocycles. The van der Waals surface area contributed by atoms with E-state index in [1.165, 1.54) is 0 Å². The minimum atomic E-state index is -0.194. The molecule has 110 valence electrons. The first-order chi connectivity index (χ1) is 10.7. The number of carbonyl (C=O) groups excluding carboxylic acids is 1. The molecule has 6 nitrogen and oxygen atoms in total. The van der Waals surface area contributed by atoms with Gasteiger partial charge in [-0.25, -0.2) is 4.98 Å². The molecule has 3 heterocycles. The molecule has 0 saturated carbocycles. The minimum absolute atomic E-state index is 0.191. The number of anilines is 1. The zero-order valence-corrected chi connectivity index (χ0v) is 11.9. The lowest BCUT2D eigenvalue weighted by molar-refractivity contribution is 0.102. The second-order valence-corrected chi connectivity index (χ2v) is 5.01. The number of benzene rings is 1. The first-order valence-electron chi connectivity index (χ1n) is 6.86. The Labute approximate surface area is 126 Å². The van der Waals surface area contributed by atoms with E-state index in [1.807, 2.05) is 29.7 Å². The van der Waals surface area contributed by atoms with Gasteiger partial charge in [-0.1, -0.05) is 0 Å². The Kier molecular flexibility index (Phi) is 2.75. The summed E-state index contributed by atoms with van der Waals surface area (Å²) < 4.78 is 12.5. The zero-order valence-electron chi connectivity index (χ0n) is 11.9. The van der Waals surface area contributed by atoms with E-state index in [4.69, 9.17) is 9.47 Å². The van der Waals surface area contributed by atoms with Gasteiger partial charge in [0.15, 0.2) is 11.5 Å². The van der Waals surface area contributed by atoms with Crippen molar-refractivity contribution in [1.82, 2.24) is 9.38 Å². The summed E-state index contributed by atoms with van der Waals surface area (Å²) in [4.78, 5) is 16.6. The van der Waals surface area contributed by atoms with Crippen LogP contribution < -0.4 is 14.8 Å². The van der Waals surface area contributed by atoms with Crippen LogP contribution >= 0.6 is 0 Å². The third kappa shape index (κ3) is 1.96. The Morgan fingerprint density at radius 1 is 1.23 bits per heavy atom. The molecule has 1 amide bonds. The minimum Gasteiger partial charge on any atom is -0.454 e. The van der Waals surface area contributed by atoms with Gasteiger partial charge in [0.2, 0.25) is 6.79 Å². The van der Waals surface area contributed by atoms with Gasteiger partial charge in [0.25, 0.3) is 5.91 Å². The molecule has 1 N–H and O–H groups in total. The fourth-order valence-electron chi connectivity index (χ4n) is 2.49. The number of amides is 1. The smallest absolute Gasteiger partial charge is 0.255 e. The maximum Gasteiger partial charge on any atom is 0.255 e. The number of hydrogen-bond donors (Lipinski definition) is 1. The molecule has 0 bridgehead atoms. The van der Waals surface area contributed by atoms with E-state index in [2.05, 4.69) is 10.3 Å². The van der Waals surface area contributed by atoms with Crippen molar-refractivity contribution < 1.29 is 14.3 Å². The lowest BCUT2D eigenvalue weighted by Gasteiger charge is -2.10. The summed E-state index contributed by atoms with van der Waals surface area (Å²) in [6.07, 6.45) is 3.59. The maximum atomic E-state index is 12.4. The zero-order chi connectivity index (χ0) is 15.1. The summed E-state index contributed by atoms with van der Waals surface area (Å²) in [6.45, 7) is 2.13. The molecule has 0 atom stereocenters. The number of ether oxygens (including phenoxy) is 2. The van der Waals surface area contributed by atoms with E-state index in [-0.39, 0.29) is 12.7 Å². The average Bonchev–Trinajstić information content (AvgIpc) is 3.17. The summed E-state index contributed by atoms with van der Waals surface area (Å²) in [6, 6.07) is 8.85. The SMILES string of the molecule is Cc1c(NC(=O)c2ccc3c(c2)OCO3)ccc2nccn12. The number of hydrogen-bond acceptors (Lipinski definition) is 4. The molecule has 0 unspecified atom stereocenters. The largest absolute Gasteiger partial charge is 0.454 e. The molecule has 0 spiro atoms. The van der Waals surface area contributed by atoms with Crippen molar-refractivity contribution >= 4 is 17.2 Å². The molecule has 0 radical (unpaired) electrons. The molecule has 1 aromatic carbocycles. The van der Waals surface area contributed by atoms with Gasteiger partial charge in [-0.2, -0.15) is 0 Å². The van der Waals surface area contributed by atoms with Crippen LogP contribution in [0.3, 0.4) is 0 Å². The van der Waals surface area contributed by atoms with E-state index in [0.717, 1.165) is 17.0 Å². The summed E-state index contributed by atoms with van der Waals surface area (Å²) >= 11 is 0. The first kappa shape index (κ1) is 12.7. The Balaban J connectivity index is 1.64. The molecule has 0 saturated heterocycles. The molecule has 0 aliphatic carbocycles. The van der Waals surface area contributed by atoms with Gasteiger partial charge in [0, 0.05) is 23.7 Å². The number of rotatable bonds is 2. The number of aryl methyl sites for hydroxylation is 1. The van der Waals surface area contributed by atoms with Crippen LogP contribution in [-0.2, 0) is 0 Å². The number of imidazole rings is 1. The summed E-state index contributed by atoms with van der Waals surface area (Å²) in [5.74, 6) is 1.06. The highest BCUT2D eigenvalue weighted by Gasteiger charge is 2.17. The quantitative estimate of drug-likeness (QED) is 0.789. The first-order valence-corrected chi connectivity index (χ1v) is 6.86. The Hall–Kier alpha value is -3.02. The van der Waals surface area contributed by atoms with Crippen molar-refractivity contribution in [3.05, 3.63) is 54.0 Å². The third-order valence-corrected chi connectivity index (χ3v) is 3.70. The van der Waals surface area contributed by atoms with Crippen LogP contribution in [0, 0.1) is 6.92 Å². The van der Waals surface area contributed by atoms with Crippen LogP contribution in [0.25, 0.3) is 5.65 Å². The van der Waals surface area contributed by atoms with E-state index < -0.39 is 0 Å². The summed E-state index contributed by atoms with van der Waals surface area (Å²) in [5.41, 5.74) is 3.03. The maximum absolute atomic E-state index is 12.4. The Morgan fingerprint density at radius 2 is 2.09 bits per heavy atom. The van der Waals surface area contributed by atoms with Crippen LogP contribution in [0.15, 0.2) is 42.7 Å². The second-order valence-electron chi connectivity index (χ2n) is 5.01. The van der Waals surface area contributed by atoms with Gasteiger partial charge < -0.3 is 19.2 Å². The number of nitrogens with zero attached hydrogens (tertiary/aromatic N) is 2. The Bertz CT molecular complexity index is 885. The second kappa shape index (κ2) is 4.77. The van der Waals surface area contributed by atoms with E-state index in [9.17, 15) is 4.79 Å². The number of carbonyl (C=O) groups is 1. The van der Waals surface area contributed by atoms with Crippen LogP contribution in [0.2, 0.25) is 0 Å². The molecule has 4 rings (SSSR count). The summed E-state index contributed by atoms with van der Waals surface area (Å²) in [5, 5.41) is 2.92. The topological polar surface area (TPSA) is 64.9 Å². The van der Waals surface area contributed by atoms with Crippen LogP contribution in [0.4, 0.5) is 5.69 Å². The molecular formula is C16H13N3O3. The highest BCUT2D eigenvalue weighted by Crippen LogP contribution is 2.32. The van der Waals surface area contributed by atoms with E-state index >= 15 is 0 Å². The fourth-order valence-corrected chi connectivity index (χ4v) is 2.49. The van der Waals surface area contributed by atoms with Crippen LogP contribution in [-0.4, -0.2) is 22.1 Å². The van der Waals surface area contributed by atoms with Gasteiger partial charge in [-0.15, -0.1) is 0 Å². The molecule has 0 fully saturated rings. The molecule has 6 heteroatoms. The molecule has 3 aromatic rings. The predicted octanol–water partition coefficient (Wildman–Crippen LogP) is 2.62. The molecule has 1 aliphatic rings. The fraction of sp³-hybridized carbons (Fsp3) is 0.125. The lowest BCUT2D eigenvalue weighted by atomic mass is 10.2. The lowest BCUT2D eigenvalue weighted by Crippen LogP contribution is -2.13. The number of pyridine rings is 1. The monoisotopic (exact) mass is 295 g/mol. The van der Waals surface area contributed by atoms with Crippen LogP contribution in [0.5, 0.6) is 11.5 Å². The van der Waals surface area contributed by atoms with E-state index in [1.54, 1.807) is 24.4 Å². The molecule has 1 aliphatic heterocycles. The van der Waals surface area contributed by atoms with Gasteiger partial charge in [-0.05, 0) is 37.3 Å². The van der Waals surface area contributed by atoms with Crippen molar-refractivity contribution in [2.45, 2.75) is 6.92 Å². The number of nitrogens with one attached hydrogen (secondary N) is 1. The highest BCUT2D eigenvalue weighted by molar-refractivity contribution is 6.05. The van der Waals surface area contributed by atoms with Gasteiger partial charge in [-0.3, -0.25) is 4.79 Å². The standard InChI is InChI=1S/C16H13N3O3/c1-10-12(3-5-15-17-6-7-19(10)15)18-16(20)11-2-4-13-14(8-11)22-9-21-13/h2-8H,9H2,1H3,(H,18,20). The molecule has 22 heavy (non-hydrogen) atoms. The Morgan fingerprint density at radius 3 is 3.00 bits per heavy atom. The van der Waals surface area contributed by atoms with Gasteiger partial charge in [0.05, 0.1) is 5.69 Å². The van der Waals surface area contributed by atoms with Crippen molar-refractivity contribution in [2.24, 2.45) is 0 Å². The van der Waals surface area contributed by atoms with E-state index in [0.29, 0.717) is 17.1 Å². The van der Waals surface area contributed by atoms with Crippen molar-refractivity contribution in [3.8, 4) is 11.5 Å². The van der Waals surface area contributed by atoms with Crippen molar-refractivity contribution in [2.75, 3.05) is 12.1 Å².